The summed E-state index contributed by atoms with van der Waals surface area (Å²) in [6.45, 7) is 0.326. The number of rotatable bonds is 6. The van der Waals surface area contributed by atoms with Crippen LogP contribution >= 0.6 is 0 Å². The van der Waals surface area contributed by atoms with Crippen LogP contribution in [0.25, 0.3) is 10.4 Å². The number of nitrogens with zero attached hydrogens (tertiary/aromatic N) is 5. The molecule has 1 fully saturated rings. The summed E-state index contributed by atoms with van der Waals surface area (Å²) in [4.78, 5) is 28.8. The maximum atomic E-state index is 14.3. The van der Waals surface area contributed by atoms with Gasteiger partial charge in [-0.05, 0) is 18.5 Å². The Balaban J connectivity index is 2.32. The third-order valence-electron chi connectivity index (χ3n) is 3.64. The van der Waals surface area contributed by atoms with Crippen LogP contribution in [0.3, 0.4) is 0 Å². The number of carbonyl (C=O) groups is 1. The van der Waals surface area contributed by atoms with E-state index in [0.717, 1.165) is 6.20 Å². The zero-order valence-corrected chi connectivity index (χ0v) is 12.9. The van der Waals surface area contributed by atoms with Crippen molar-refractivity contribution in [2.24, 2.45) is 5.11 Å². The van der Waals surface area contributed by atoms with Crippen LogP contribution in [-0.2, 0) is 9.53 Å². The summed E-state index contributed by atoms with van der Waals surface area (Å²) in [5.41, 5.74) is 5.23. The van der Waals surface area contributed by atoms with E-state index in [1.54, 1.807) is 0 Å². The molecule has 1 saturated heterocycles. The zero-order valence-electron chi connectivity index (χ0n) is 12.9. The third-order valence-corrected chi connectivity index (χ3v) is 3.64. The van der Waals surface area contributed by atoms with Crippen molar-refractivity contribution < 1.29 is 29.2 Å². The van der Waals surface area contributed by atoms with Gasteiger partial charge in [-0.1, -0.05) is 5.11 Å². The lowest BCUT2D eigenvalue weighted by molar-refractivity contribution is -0.137. The second kappa shape index (κ2) is 7.03. The minimum Gasteiger partial charge on any atom is -0.480 e. The van der Waals surface area contributed by atoms with Crippen LogP contribution in [0.2, 0.25) is 0 Å². The molecule has 136 valence electrons. The summed E-state index contributed by atoms with van der Waals surface area (Å²) < 4.78 is 20.1. The fraction of sp³-hybridized carbons (Fsp3) is 0.583. The van der Waals surface area contributed by atoms with Crippen molar-refractivity contribution in [1.82, 2.24) is 9.55 Å². The number of aliphatic carboxylic acids is 1. The van der Waals surface area contributed by atoms with E-state index in [0.29, 0.717) is 4.57 Å². The molecular formula is C12H15FN6O6. The number of nitrogens with one attached hydrogen (secondary N) is 1. The van der Waals surface area contributed by atoms with Gasteiger partial charge < -0.3 is 25.4 Å². The van der Waals surface area contributed by atoms with Gasteiger partial charge in [0, 0.05) is 11.1 Å². The van der Waals surface area contributed by atoms with Crippen LogP contribution in [0, 0.1) is 0 Å². The highest BCUT2D eigenvalue weighted by molar-refractivity contribution is 5.76. The summed E-state index contributed by atoms with van der Waals surface area (Å²) in [5.74, 6) is -1.23. The highest BCUT2D eigenvalue weighted by Gasteiger charge is 2.56. The molecule has 13 heteroatoms. The Bertz CT molecular complexity index is 767. The first-order chi connectivity index (χ1) is 11.8. The largest absolute Gasteiger partial charge is 0.480 e. The predicted molar refractivity (Wildman–Crippen MR) is 79.2 cm³/mol. The van der Waals surface area contributed by atoms with Crippen LogP contribution in [0.4, 0.5) is 10.2 Å². The van der Waals surface area contributed by atoms with Crippen LogP contribution in [0.15, 0.2) is 22.2 Å². The van der Waals surface area contributed by atoms with Crippen molar-refractivity contribution in [3.63, 3.8) is 0 Å². The molecule has 0 bridgehead atoms. The molecule has 1 aromatic rings. The fourth-order valence-corrected chi connectivity index (χ4v) is 2.25. The Hall–Kier alpha value is -2.73. The first kappa shape index (κ1) is 18.6. The van der Waals surface area contributed by atoms with Crippen LogP contribution < -0.4 is 11.0 Å². The zero-order chi connectivity index (χ0) is 18.8. The third kappa shape index (κ3) is 3.39. The molecule has 12 nitrogen and oxygen atoms in total. The second-order valence-electron chi connectivity index (χ2n) is 5.30. The minimum atomic E-state index is -2.27. The number of aromatic nitrogens is 2. The second-order valence-corrected chi connectivity index (χ2v) is 5.30. The summed E-state index contributed by atoms with van der Waals surface area (Å²) in [7, 11) is 0. The normalized spacial score (nSPS) is 29.7. The van der Waals surface area contributed by atoms with Gasteiger partial charge in [0.1, 0.15) is 18.0 Å². The van der Waals surface area contributed by atoms with Gasteiger partial charge in [-0.25, -0.2) is 9.18 Å². The molecule has 0 saturated carbocycles. The molecule has 0 aromatic carbocycles. The molecule has 1 aliphatic rings. The van der Waals surface area contributed by atoms with Gasteiger partial charge in [-0.2, -0.15) is 4.98 Å². The lowest BCUT2D eigenvalue weighted by Crippen LogP contribution is -2.43. The van der Waals surface area contributed by atoms with E-state index in [4.69, 9.17) is 15.4 Å². The molecular weight excluding hydrogens is 343 g/mol. The number of hydrogen-bond donors (Lipinski definition) is 4. The summed E-state index contributed by atoms with van der Waals surface area (Å²) >= 11 is 0. The van der Waals surface area contributed by atoms with Gasteiger partial charge in [0.2, 0.25) is 5.72 Å². The number of aliphatic hydroxyl groups is 2. The molecule has 2 rings (SSSR count). The Morgan fingerprint density at radius 3 is 2.92 bits per heavy atom. The number of ether oxygens (including phenoxy) is 1. The number of alkyl halides is 1. The van der Waals surface area contributed by atoms with E-state index in [1.165, 1.54) is 13.0 Å². The lowest BCUT2D eigenvalue weighted by atomic mass is 10.1. The average molecular weight is 358 g/mol. The average Bonchev–Trinajstić information content (AvgIpc) is 2.81. The number of carboxylic acid groups (broad SMARTS) is 1. The van der Waals surface area contributed by atoms with Crippen molar-refractivity contribution in [1.29, 1.82) is 0 Å². The first-order valence-electron chi connectivity index (χ1n) is 7.01. The quantitative estimate of drug-likeness (QED) is 0.294. The van der Waals surface area contributed by atoms with Gasteiger partial charge in [0.15, 0.2) is 12.4 Å². The number of carboxylic acids is 1. The molecule has 4 N–H and O–H groups in total. The topological polar surface area (TPSA) is 183 Å². The predicted octanol–water partition coefficient (Wildman–Crippen LogP) is -0.645. The highest BCUT2D eigenvalue weighted by Crippen LogP contribution is 2.39. The van der Waals surface area contributed by atoms with E-state index in [-0.39, 0.29) is 5.82 Å². The fourth-order valence-electron chi connectivity index (χ4n) is 2.25. The van der Waals surface area contributed by atoms with E-state index in [1.807, 2.05) is 0 Å². The van der Waals surface area contributed by atoms with Gasteiger partial charge in [-0.3, -0.25) is 9.36 Å². The SMILES string of the molecule is CC(Nc1ccn([C@@H]2O[C@@](CO)(N=[N+]=[N-])C(O)[C@@H]2F)c(=O)n1)C(=O)O. The Morgan fingerprint density at radius 2 is 2.40 bits per heavy atom. The van der Waals surface area contributed by atoms with Gasteiger partial charge in [-0.15, -0.1) is 0 Å². The monoisotopic (exact) mass is 358 g/mol. The number of halogens is 1. The van der Waals surface area contributed by atoms with Gasteiger partial charge >= 0.3 is 11.7 Å². The van der Waals surface area contributed by atoms with Crippen molar-refractivity contribution in [2.75, 3.05) is 11.9 Å². The summed E-state index contributed by atoms with van der Waals surface area (Å²) in [5, 5.41) is 33.5. The molecule has 0 spiro atoms. The number of azide groups is 1. The van der Waals surface area contributed by atoms with E-state index < -0.39 is 48.5 Å². The maximum absolute atomic E-state index is 14.3. The highest BCUT2D eigenvalue weighted by atomic mass is 19.1. The molecule has 1 aromatic heterocycles. The first-order valence-corrected chi connectivity index (χ1v) is 7.01. The van der Waals surface area contributed by atoms with Crippen molar-refractivity contribution in [3.8, 4) is 0 Å². The number of hydrogen-bond acceptors (Lipinski definition) is 8. The smallest absolute Gasteiger partial charge is 0.351 e. The number of anilines is 1. The van der Waals surface area contributed by atoms with Crippen LogP contribution in [0.5, 0.6) is 0 Å². The molecule has 25 heavy (non-hydrogen) atoms. The molecule has 0 aliphatic carbocycles. The lowest BCUT2D eigenvalue weighted by Gasteiger charge is -2.23. The minimum absolute atomic E-state index is 0.0615. The standard InChI is InChI=1S/C12H15FN6O6/c1-5(10(22)23)15-6-2-3-19(11(24)16-6)9-7(13)8(21)12(4-20,25-9)17-18-14/h2-3,5,7-9,20-21H,4H2,1H3,(H,22,23)(H,15,16,24)/t5?,7-,8?,9+,12+/m0/s1. The van der Waals surface area contributed by atoms with Crippen molar-refractivity contribution in [2.45, 2.75) is 37.2 Å². The molecule has 5 atom stereocenters. The molecule has 0 radical (unpaired) electrons. The Morgan fingerprint density at radius 1 is 1.72 bits per heavy atom. The molecule has 1 aliphatic heterocycles. The Kier molecular flexibility index (Phi) is 5.23. The summed E-state index contributed by atoms with van der Waals surface area (Å²) in [6.07, 6.45) is -4.82. The van der Waals surface area contributed by atoms with E-state index in [2.05, 4.69) is 20.3 Å². The number of aliphatic hydroxyl groups excluding tert-OH is 2. The van der Waals surface area contributed by atoms with Crippen LogP contribution in [0.1, 0.15) is 13.2 Å². The van der Waals surface area contributed by atoms with Crippen molar-refractivity contribution in [3.05, 3.63) is 33.2 Å². The molecule has 2 heterocycles. The van der Waals surface area contributed by atoms with Gasteiger partial charge in [0.25, 0.3) is 0 Å². The van der Waals surface area contributed by atoms with Crippen molar-refractivity contribution >= 4 is 11.8 Å². The van der Waals surface area contributed by atoms with Gasteiger partial charge in [0.05, 0.1) is 6.61 Å². The molecule has 0 amide bonds. The maximum Gasteiger partial charge on any atom is 0.351 e. The summed E-state index contributed by atoms with van der Waals surface area (Å²) in [6, 6.07) is 0.184. The van der Waals surface area contributed by atoms with E-state index in [9.17, 15) is 24.2 Å². The Labute approximate surface area is 139 Å². The van der Waals surface area contributed by atoms with Crippen LogP contribution in [-0.4, -0.2) is 61.5 Å². The molecule has 2 unspecified atom stereocenters. The van der Waals surface area contributed by atoms with E-state index >= 15 is 0 Å².